The van der Waals surface area contributed by atoms with Gasteiger partial charge in [-0.1, -0.05) is 54.6 Å². The largest absolute Gasteiger partial charge is 0.462 e. The molecule has 1 spiro atoms. The van der Waals surface area contributed by atoms with E-state index in [0.717, 1.165) is 16.3 Å². The molecule has 35 heavy (non-hydrogen) atoms. The van der Waals surface area contributed by atoms with Crippen LogP contribution in [0.3, 0.4) is 0 Å². The minimum absolute atomic E-state index is 0.00629. The van der Waals surface area contributed by atoms with Gasteiger partial charge in [-0.3, -0.25) is 4.79 Å². The number of hydrogen-bond donors (Lipinski definition) is 2. The van der Waals surface area contributed by atoms with Crippen LogP contribution in [0.2, 0.25) is 0 Å². The minimum Gasteiger partial charge on any atom is -0.462 e. The molecule has 170 valence electrons. The maximum Gasteiger partial charge on any atom is 0.341 e. The molecule has 1 aromatic heterocycles. The number of nitriles is 1. The van der Waals surface area contributed by atoms with E-state index in [1.54, 1.807) is 37.4 Å². The van der Waals surface area contributed by atoms with Crippen molar-refractivity contribution in [2.24, 2.45) is 5.73 Å². The second-order valence-electron chi connectivity index (χ2n) is 8.41. The molecular formula is C28H19N3O4. The number of fused-ring (bicyclic) bond motifs is 2. The number of benzene rings is 3. The molecule has 0 saturated carbocycles. The second-order valence-corrected chi connectivity index (χ2v) is 8.41. The molecule has 0 fully saturated rings. The number of aromatic nitrogens is 1. The molecular weight excluding hydrogens is 442 g/mol. The predicted octanol–water partition coefficient (Wildman–Crippen LogP) is 4.45. The summed E-state index contributed by atoms with van der Waals surface area (Å²) >= 11 is 0. The molecule has 3 aromatic carbocycles. The Morgan fingerprint density at radius 3 is 2.66 bits per heavy atom. The van der Waals surface area contributed by atoms with Gasteiger partial charge in [-0.25, -0.2) is 4.79 Å². The summed E-state index contributed by atoms with van der Waals surface area (Å²) in [4.78, 5) is 30.8. The number of aromatic amines is 1. The van der Waals surface area contributed by atoms with Crippen molar-refractivity contribution < 1.29 is 19.1 Å². The Kier molecular flexibility index (Phi) is 4.35. The molecule has 0 saturated heterocycles. The number of Topliss-reactive ketones (excluding diaryl/α,β-unsaturated/α-hetero) is 1. The molecule has 4 aromatic rings. The van der Waals surface area contributed by atoms with Crippen LogP contribution in [-0.2, 0) is 19.7 Å². The van der Waals surface area contributed by atoms with Crippen LogP contribution in [-0.4, -0.2) is 23.3 Å². The topological polar surface area (TPSA) is 118 Å². The van der Waals surface area contributed by atoms with E-state index in [-0.39, 0.29) is 29.4 Å². The number of para-hydroxylation sites is 1. The van der Waals surface area contributed by atoms with Crippen LogP contribution >= 0.6 is 0 Å². The molecule has 1 aliphatic heterocycles. The van der Waals surface area contributed by atoms with Crippen molar-refractivity contribution >= 4 is 39.2 Å². The SMILES string of the molecule is CCOC(=O)C1=C(N)OC(c2c[nH]c3ccccc23)=C(C#N)[C@@]12C(=O)c1cccc3cccc2c13. The molecule has 3 N–H and O–H groups in total. The summed E-state index contributed by atoms with van der Waals surface area (Å²) in [5.41, 5.74) is 6.75. The minimum atomic E-state index is -1.79. The molecule has 0 bridgehead atoms. The number of carbonyl (C=O) groups excluding carboxylic acids is 2. The highest BCUT2D eigenvalue weighted by Gasteiger charge is 2.60. The first-order valence-electron chi connectivity index (χ1n) is 11.2. The lowest BCUT2D eigenvalue weighted by atomic mass is 9.66. The Balaban J connectivity index is 1.76. The van der Waals surface area contributed by atoms with Crippen molar-refractivity contribution in [1.82, 2.24) is 4.98 Å². The summed E-state index contributed by atoms with van der Waals surface area (Å²) in [5, 5.41) is 12.9. The average molecular weight is 461 g/mol. The molecule has 1 atom stereocenters. The van der Waals surface area contributed by atoms with Gasteiger partial charge in [0.25, 0.3) is 0 Å². The van der Waals surface area contributed by atoms with Crippen molar-refractivity contribution in [3.05, 3.63) is 101 Å². The first-order chi connectivity index (χ1) is 17.0. The fourth-order valence-electron chi connectivity index (χ4n) is 5.40. The number of hydrogen-bond acceptors (Lipinski definition) is 6. The van der Waals surface area contributed by atoms with Crippen molar-refractivity contribution in [2.75, 3.05) is 6.61 Å². The standard InChI is InChI=1S/C28H19N3O4/c1-2-34-27(33)23-26(30)35-24(18-14-31-21-12-4-3-9-16(18)21)20(13-29)28(23)19-11-6-8-15-7-5-10-17(22(15)19)25(28)32/h3-12,14,31H,2,30H2,1H3/t28-/m1/s1. The highest BCUT2D eigenvalue weighted by molar-refractivity contribution is 6.27. The first kappa shape index (κ1) is 20.8. The van der Waals surface area contributed by atoms with E-state index in [9.17, 15) is 14.9 Å². The third kappa shape index (κ3) is 2.53. The van der Waals surface area contributed by atoms with Gasteiger partial charge in [0.2, 0.25) is 5.88 Å². The zero-order chi connectivity index (χ0) is 24.3. The molecule has 6 rings (SSSR count). The Bertz CT molecular complexity index is 1700. The molecule has 1 aliphatic carbocycles. The van der Waals surface area contributed by atoms with Crippen LogP contribution in [0.15, 0.2) is 83.9 Å². The van der Waals surface area contributed by atoms with Gasteiger partial charge in [0.15, 0.2) is 11.5 Å². The predicted molar refractivity (Wildman–Crippen MR) is 130 cm³/mol. The number of esters is 1. The third-order valence-corrected chi connectivity index (χ3v) is 6.75. The lowest BCUT2D eigenvalue weighted by Gasteiger charge is -2.35. The third-order valence-electron chi connectivity index (χ3n) is 6.75. The molecule has 0 unspecified atom stereocenters. The van der Waals surface area contributed by atoms with E-state index in [4.69, 9.17) is 15.2 Å². The zero-order valence-electron chi connectivity index (χ0n) is 18.7. The van der Waals surface area contributed by atoms with Crippen LogP contribution in [0.25, 0.3) is 27.4 Å². The maximum atomic E-state index is 14.3. The number of allylic oxidation sites excluding steroid dienone is 1. The number of H-pyrrole nitrogens is 1. The number of rotatable bonds is 3. The highest BCUT2D eigenvalue weighted by atomic mass is 16.5. The summed E-state index contributed by atoms with van der Waals surface area (Å²) in [7, 11) is 0. The number of ketones is 1. The average Bonchev–Trinajstić information content (AvgIpc) is 3.40. The zero-order valence-corrected chi connectivity index (χ0v) is 18.7. The van der Waals surface area contributed by atoms with E-state index in [2.05, 4.69) is 11.1 Å². The monoisotopic (exact) mass is 461 g/mol. The lowest BCUT2D eigenvalue weighted by Crippen LogP contribution is -2.44. The van der Waals surface area contributed by atoms with Gasteiger partial charge < -0.3 is 20.2 Å². The Morgan fingerprint density at radius 1 is 1.11 bits per heavy atom. The summed E-state index contributed by atoms with van der Waals surface area (Å²) < 4.78 is 11.3. The Hall–Kier alpha value is -4.83. The quantitative estimate of drug-likeness (QED) is 0.435. The smallest absolute Gasteiger partial charge is 0.341 e. The van der Waals surface area contributed by atoms with Gasteiger partial charge in [0.05, 0.1) is 12.2 Å². The van der Waals surface area contributed by atoms with Crippen molar-refractivity contribution in [1.29, 1.82) is 5.26 Å². The number of carbonyl (C=O) groups is 2. The van der Waals surface area contributed by atoms with E-state index < -0.39 is 17.2 Å². The number of nitrogens with one attached hydrogen (secondary N) is 1. The summed E-state index contributed by atoms with van der Waals surface area (Å²) in [6.45, 7) is 1.73. The Morgan fingerprint density at radius 2 is 1.89 bits per heavy atom. The molecule has 0 radical (unpaired) electrons. The highest BCUT2D eigenvalue weighted by Crippen LogP contribution is 2.55. The van der Waals surface area contributed by atoms with Crippen LogP contribution in [0.1, 0.15) is 28.4 Å². The first-order valence-corrected chi connectivity index (χ1v) is 11.2. The van der Waals surface area contributed by atoms with Gasteiger partial charge in [-0.2, -0.15) is 5.26 Å². The van der Waals surface area contributed by atoms with Gasteiger partial charge in [0, 0.05) is 28.2 Å². The Labute approximate surface area is 200 Å². The van der Waals surface area contributed by atoms with Gasteiger partial charge in [0.1, 0.15) is 17.1 Å². The van der Waals surface area contributed by atoms with Crippen LogP contribution in [0, 0.1) is 11.3 Å². The van der Waals surface area contributed by atoms with Crippen LogP contribution in [0.4, 0.5) is 0 Å². The summed E-state index contributed by atoms with van der Waals surface area (Å²) in [5.74, 6) is -1.34. The fourth-order valence-corrected chi connectivity index (χ4v) is 5.40. The maximum absolute atomic E-state index is 14.3. The van der Waals surface area contributed by atoms with E-state index in [1.807, 2.05) is 36.4 Å². The molecule has 0 amide bonds. The van der Waals surface area contributed by atoms with Gasteiger partial charge >= 0.3 is 5.97 Å². The van der Waals surface area contributed by atoms with E-state index >= 15 is 0 Å². The van der Waals surface area contributed by atoms with Crippen molar-refractivity contribution in [2.45, 2.75) is 12.3 Å². The van der Waals surface area contributed by atoms with Crippen molar-refractivity contribution in [3.8, 4) is 6.07 Å². The second kappa shape index (κ2) is 7.34. The normalized spacial score (nSPS) is 18.9. The fraction of sp³-hybridized carbons (Fsp3) is 0.107. The molecule has 2 heterocycles. The number of ether oxygens (including phenoxy) is 2. The van der Waals surface area contributed by atoms with E-state index in [1.165, 1.54) is 0 Å². The molecule has 7 nitrogen and oxygen atoms in total. The lowest BCUT2D eigenvalue weighted by molar-refractivity contribution is -0.139. The van der Waals surface area contributed by atoms with Gasteiger partial charge in [-0.15, -0.1) is 0 Å². The van der Waals surface area contributed by atoms with E-state index in [0.29, 0.717) is 22.1 Å². The van der Waals surface area contributed by atoms with Gasteiger partial charge in [-0.05, 0) is 29.3 Å². The number of nitrogens with two attached hydrogens (primary N) is 1. The van der Waals surface area contributed by atoms with Crippen LogP contribution in [0.5, 0.6) is 0 Å². The molecule has 2 aliphatic rings. The summed E-state index contributed by atoms with van der Waals surface area (Å²) in [6.07, 6.45) is 1.71. The van der Waals surface area contributed by atoms with Crippen molar-refractivity contribution in [3.63, 3.8) is 0 Å². The number of nitrogens with zero attached hydrogens (tertiary/aromatic N) is 1. The van der Waals surface area contributed by atoms with Crippen LogP contribution < -0.4 is 5.73 Å². The molecule has 7 heteroatoms. The summed E-state index contributed by atoms with van der Waals surface area (Å²) in [6, 6.07) is 20.6.